The molecule has 0 aromatic carbocycles. The van der Waals surface area contributed by atoms with Crippen molar-refractivity contribution in [1.29, 1.82) is 0 Å². The Kier molecular flexibility index (Phi) is 5.15. The fourth-order valence-corrected chi connectivity index (χ4v) is 10.8. The molecule has 0 spiro atoms. The summed E-state index contributed by atoms with van der Waals surface area (Å²) >= 11 is 0. The van der Waals surface area contributed by atoms with Crippen LogP contribution in [0, 0.1) is 56.7 Å². The first-order valence-corrected chi connectivity index (χ1v) is 13.9. The van der Waals surface area contributed by atoms with Crippen LogP contribution in [0.1, 0.15) is 106 Å². The highest BCUT2D eigenvalue weighted by Gasteiger charge is 2.68. The van der Waals surface area contributed by atoms with Gasteiger partial charge in [0, 0.05) is 11.4 Å². The van der Waals surface area contributed by atoms with E-state index in [-0.39, 0.29) is 33.7 Å². The summed E-state index contributed by atoms with van der Waals surface area (Å²) in [6, 6.07) is 0. The van der Waals surface area contributed by atoms with Gasteiger partial charge in [-0.25, -0.2) is 0 Å². The fraction of sp³-hybridized carbons (Fsp3) is 0.900. The van der Waals surface area contributed by atoms with Crippen molar-refractivity contribution in [2.75, 3.05) is 0 Å². The van der Waals surface area contributed by atoms with Crippen molar-refractivity contribution in [3.05, 3.63) is 11.6 Å². The van der Waals surface area contributed by atoms with Crippen LogP contribution in [-0.2, 0) is 4.79 Å². The minimum Gasteiger partial charge on any atom is -0.550 e. The molecule has 4 saturated carbocycles. The van der Waals surface area contributed by atoms with E-state index in [0.29, 0.717) is 23.7 Å². The second-order valence-electron chi connectivity index (χ2n) is 14.5. The zero-order valence-corrected chi connectivity index (χ0v) is 22.2. The number of hydrogen-bond acceptors (Lipinski definition) is 3. The lowest BCUT2D eigenvalue weighted by molar-refractivity contribution is -0.327. The van der Waals surface area contributed by atoms with Crippen molar-refractivity contribution in [2.45, 2.75) is 112 Å². The van der Waals surface area contributed by atoms with Crippen LogP contribution in [0.3, 0.4) is 0 Å². The van der Waals surface area contributed by atoms with Crippen molar-refractivity contribution in [3.8, 4) is 0 Å². The molecule has 4 fully saturated rings. The van der Waals surface area contributed by atoms with E-state index < -0.39 is 11.4 Å². The van der Waals surface area contributed by atoms with Crippen molar-refractivity contribution in [1.82, 2.24) is 0 Å². The maximum atomic E-state index is 12.7. The maximum Gasteiger partial charge on any atom is 0.0594 e. The minimum absolute atomic E-state index is 0.0385. The van der Waals surface area contributed by atoms with E-state index in [0.717, 1.165) is 44.9 Å². The molecule has 33 heavy (non-hydrogen) atoms. The van der Waals surface area contributed by atoms with Gasteiger partial charge in [0.1, 0.15) is 0 Å². The number of rotatable bonds is 1. The number of carbonyl (C=O) groups is 1. The monoisotopic (exact) mass is 455 g/mol. The lowest BCUT2D eigenvalue weighted by Crippen LogP contribution is -2.66. The summed E-state index contributed by atoms with van der Waals surface area (Å²) in [7, 11) is 0. The summed E-state index contributed by atoms with van der Waals surface area (Å²) in [5.41, 5.74) is 1.24. The van der Waals surface area contributed by atoms with E-state index in [1.165, 1.54) is 18.4 Å². The van der Waals surface area contributed by atoms with Crippen molar-refractivity contribution in [3.63, 3.8) is 0 Å². The molecular formula is C30H47O3-. The molecule has 5 aliphatic rings. The average Bonchev–Trinajstić information content (AvgIpc) is 2.74. The first-order valence-electron chi connectivity index (χ1n) is 13.9. The van der Waals surface area contributed by atoms with Gasteiger partial charge in [-0.3, -0.25) is 0 Å². The summed E-state index contributed by atoms with van der Waals surface area (Å²) in [6.07, 6.45) is 11.3. The molecule has 0 bridgehead atoms. The molecule has 0 aromatic rings. The van der Waals surface area contributed by atoms with Gasteiger partial charge in [0.2, 0.25) is 0 Å². The van der Waals surface area contributed by atoms with Crippen molar-refractivity contribution < 1.29 is 15.0 Å². The Morgan fingerprint density at radius 1 is 0.939 bits per heavy atom. The van der Waals surface area contributed by atoms with Gasteiger partial charge in [-0.05, 0) is 109 Å². The second kappa shape index (κ2) is 7.11. The molecular weight excluding hydrogens is 408 g/mol. The Bertz CT molecular complexity index is 874. The van der Waals surface area contributed by atoms with Gasteiger partial charge >= 0.3 is 0 Å². The lowest BCUT2D eigenvalue weighted by atomic mass is 9.33. The summed E-state index contributed by atoms with van der Waals surface area (Å²) < 4.78 is 0. The molecule has 0 unspecified atom stereocenters. The minimum atomic E-state index is -0.792. The number of carboxylic acid groups (broad SMARTS) is 1. The number of aliphatic carboxylic acids is 1. The molecule has 0 saturated heterocycles. The molecule has 0 radical (unpaired) electrons. The molecule has 1 N–H and O–H groups in total. The highest BCUT2D eigenvalue weighted by Crippen LogP contribution is 2.75. The Morgan fingerprint density at radius 3 is 2.30 bits per heavy atom. The van der Waals surface area contributed by atoms with Gasteiger partial charge in [-0.1, -0.05) is 60.1 Å². The predicted molar refractivity (Wildman–Crippen MR) is 130 cm³/mol. The Labute approximate surface area is 201 Å². The van der Waals surface area contributed by atoms with Gasteiger partial charge in [0.25, 0.3) is 0 Å². The van der Waals surface area contributed by atoms with E-state index in [2.05, 4.69) is 54.5 Å². The number of fused-ring (bicyclic) bond motifs is 7. The first kappa shape index (κ1) is 23.9. The molecule has 5 rings (SSSR count). The van der Waals surface area contributed by atoms with E-state index in [4.69, 9.17) is 0 Å². The second-order valence-corrected chi connectivity index (χ2v) is 14.5. The SMILES string of the molecule is C[C@@H]1[C@H](C)CC[C@]2(C(=O)[O-])CC[C@]3(C)C(=CC[C@@H]4[C@@]5(C)CC[C@@H](O)C(C)(C)[C@@H]5CC[C@]43C)[C@H]12. The van der Waals surface area contributed by atoms with Crippen LogP contribution in [-0.4, -0.2) is 17.2 Å². The van der Waals surface area contributed by atoms with E-state index >= 15 is 0 Å². The highest BCUT2D eigenvalue weighted by atomic mass is 16.4. The number of allylic oxidation sites excluding steroid dienone is 2. The summed E-state index contributed by atoms with van der Waals surface area (Å²) in [5.74, 6) is 1.42. The average molecular weight is 456 g/mol. The molecule has 5 aliphatic carbocycles. The molecule has 10 atom stereocenters. The van der Waals surface area contributed by atoms with Crippen LogP contribution in [0.15, 0.2) is 11.6 Å². The van der Waals surface area contributed by atoms with Crippen LogP contribution in [0.5, 0.6) is 0 Å². The molecule has 0 aromatic heterocycles. The Hall–Kier alpha value is -0.830. The standard InChI is InChI=1S/C30H48O3/c1-18-10-15-30(25(32)33)17-16-28(6)20(24(30)19(18)2)8-9-22-27(5)13-12-23(31)26(3,4)21(27)11-14-29(22,28)7/h8,18-19,21-24,31H,9-17H2,1-7H3,(H,32,33)/p-1/t18-,19-,21+,22-,23-,24+,27+,28-,29-,30+/m1/s1. The van der Waals surface area contributed by atoms with Crippen LogP contribution in [0.4, 0.5) is 0 Å². The van der Waals surface area contributed by atoms with Gasteiger partial charge in [-0.2, -0.15) is 0 Å². The van der Waals surface area contributed by atoms with Crippen LogP contribution in [0.2, 0.25) is 0 Å². The number of hydrogen-bond donors (Lipinski definition) is 1. The molecule has 3 heteroatoms. The topological polar surface area (TPSA) is 60.4 Å². The third kappa shape index (κ3) is 2.75. The third-order valence-electron chi connectivity index (χ3n) is 13.4. The number of carboxylic acids is 1. The molecule has 0 aliphatic heterocycles. The fourth-order valence-electron chi connectivity index (χ4n) is 10.8. The van der Waals surface area contributed by atoms with Crippen LogP contribution in [0.25, 0.3) is 0 Å². The van der Waals surface area contributed by atoms with Crippen molar-refractivity contribution in [2.24, 2.45) is 56.7 Å². The largest absolute Gasteiger partial charge is 0.550 e. The van der Waals surface area contributed by atoms with E-state index in [1.54, 1.807) is 0 Å². The summed E-state index contributed by atoms with van der Waals surface area (Å²) in [4.78, 5) is 12.7. The van der Waals surface area contributed by atoms with Gasteiger partial charge in [-0.15, -0.1) is 0 Å². The molecule has 186 valence electrons. The first-order chi connectivity index (χ1) is 15.3. The number of aliphatic hydroxyl groups is 1. The zero-order chi connectivity index (χ0) is 24.2. The van der Waals surface area contributed by atoms with Crippen LogP contribution < -0.4 is 5.11 Å². The van der Waals surface area contributed by atoms with E-state index in [1.807, 2.05) is 0 Å². The summed E-state index contributed by atoms with van der Waals surface area (Å²) in [6.45, 7) is 16.8. The molecule has 0 amide bonds. The quantitative estimate of drug-likeness (QED) is 0.512. The molecule has 0 heterocycles. The van der Waals surface area contributed by atoms with Crippen molar-refractivity contribution >= 4 is 5.97 Å². The number of carbonyl (C=O) groups excluding carboxylic acids is 1. The van der Waals surface area contributed by atoms with E-state index in [9.17, 15) is 15.0 Å². The Morgan fingerprint density at radius 2 is 1.64 bits per heavy atom. The maximum absolute atomic E-state index is 12.7. The third-order valence-corrected chi connectivity index (χ3v) is 13.4. The van der Waals surface area contributed by atoms with Gasteiger partial charge in [0.15, 0.2) is 0 Å². The number of aliphatic hydroxyl groups excluding tert-OH is 1. The normalized spacial score (nSPS) is 55.3. The summed E-state index contributed by atoms with van der Waals surface area (Å²) in [5, 5.41) is 23.6. The van der Waals surface area contributed by atoms with Gasteiger partial charge in [0.05, 0.1) is 6.10 Å². The Balaban J connectivity index is 1.61. The highest BCUT2D eigenvalue weighted by molar-refractivity contribution is 5.74. The van der Waals surface area contributed by atoms with Gasteiger partial charge < -0.3 is 15.0 Å². The van der Waals surface area contributed by atoms with Crippen LogP contribution >= 0.6 is 0 Å². The molecule has 3 nitrogen and oxygen atoms in total. The smallest absolute Gasteiger partial charge is 0.0594 e. The zero-order valence-electron chi connectivity index (χ0n) is 22.2. The predicted octanol–water partition coefficient (Wildman–Crippen LogP) is 5.75. The lowest BCUT2D eigenvalue weighted by Gasteiger charge is -2.71.